The van der Waals surface area contributed by atoms with Crippen LogP contribution < -0.4 is 5.32 Å². The van der Waals surface area contributed by atoms with Crippen molar-refractivity contribution in [2.24, 2.45) is 0 Å². The summed E-state index contributed by atoms with van der Waals surface area (Å²) in [6.07, 6.45) is 0.786. The molecule has 6 heteroatoms. The molecule has 0 aliphatic heterocycles. The lowest BCUT2D eigenvalue weighted by Gasteiger charge is -2.30. The Morgan fingerprint density at radius 2 is 2.00 bits per heavy atom. The Labute approximate surface area is 134 Å². The van der Waals surface area contributed by atoms with Gasteiger partial charge in [-0.25, -0.2) is 4.98 Å². The molecule has 0 aromatic carbocycles. The molecule has 1 unspecified atom stereocenters. The van der Waals surface area contributed by atoms with Crippen LogP contribution in [-0.4, -0.2) is 25.4 Å². The monoisotopic (exact) mass is 330 g/mol. The van der Waals surface area contributed by atoms with Crippen LogP contribution in [0.2, 0.25) is 0 Å². The van der Waals surface area contributed by atoms with Gasteiger partial charge in [-0.1, -0.05) is 27.7 Å². The molecule has 0 saturated heterocycles. The van der Waals surface area contributed by atoms with Crippen molar-refractivity contribution in [3.63, 3.8) is 0 Å². The summed E-state index contributed by atoms with van der Waals surface area (Å²) in [7, 11) is 0. The van der Waals surface area contributed by atoms with Crippen LogP contribution in [-0.2, 0) is 21.4 Å². The first-order valence-corrected chi connectivity index (χ1v) is 9.27. The maximum absolute atomic E-state index is 12.4. The van der Waals surface area contributed by atoms with Crippen molar-refractivity contribution >= 4 is 33.6 Å². The number of rotatable bonds is 5. The minimum absolute atomic E-state index is 0.00724. The van der Waals surface area contributed by atoms with E-state index in [-0.39, 0.29) is 16.6 Å². The van der Waals surface area contributed by atoms with Gasteiger partial charge in [0.25, 0.3) is 5.91 Å². The zero-order chi connectivity index (χ0) is 16.4. The average molecular weight is 331 g/mol. The van der Waals surface area contributed by atoms with E-state index in [1.807, 2.05) is 19.2 Å². The topological polar surface area (TPSA) is 65.0 Å². The number of hydrogen-bond acceptors (Lipinski definition) is 4. The number of aromatic nitrogens is 1. The van der Waals surface area contributed by atoms with Crippen LogP contribution in [0.15, 0.2) is 5.38 Å². The maximum atomic E-state index is 12.4. The average Bonchev–Trinajstić information content (AvgIpc) is 2.85. The van der Waals surface area contributed by atoms with Gasteiger partial charge in [-0.2, -0.15) is 0 Å². The Morgan fingerprint density at radius 1 is 1.43 bits per heavy atom. The molecule has 0 fully saturated rings. The highest BCUT2D eigenvalue weighted by Crippen LogP contribution is 2.29. The third-order valence-corrected chi connectivity index (χ3v) is 6.50. The molecule has 1 rings (SSSR count). The van der Waals surface area contributed by atoms with Crippen LogP contribution in [0.25, 0.3) is 0 Å². The lowest BCUT2D eigenvalue weighted by atomic mass is 9.93. The fourth-order valence-corrected chi connectivity index (χ4v) is 4.14. The molecular weight excluding hydrogens is 304 g/mol. The minimum Gasteiger partial charge on any atom is -0.615 e. The van der Waals surface area contributed by atoms with E-state index in [1.165, 1.54) is 11.3 Å². The molecular formula is C15H26N2O2S2. The van der Waals surface area contributed by atoms with Gasteiger partial charge in [-0.05, 0) is 38.4 Å². The van der Waals surface area contributed by atoms with E-state index < -0.39 is 15.9 Å². The van der Waals surface area contributed by atoms with Gasteiger partial charge in [0.2, 0.25) is 0 Å². The van der Waals surface area contributed by atoms with Gasteiger partial charge in [-0.15, -0.1) is 11.3 Å². The van der Waals surface area contributed by atoms with Crippen LogP contribution in [0, 0.1) is 0 Å². The maximum Gasteiger partial charge on any atom is 0.281 e. The predicted octanol–water partition coefficient (Wildman–Crippen LogP) is 3.70. The molecule has 0 aliphatic rings. The first-order valence-electron chi connectivity index (χ1n) is 7.18. The van der Waals surface area contributed by atoms with E-state index in [4.69, 9.17) is 0 Å². The molecule has 0 aliphatic carbocycles. The van der Waals surface area contributed by atoms with Crippen molar-refractivity contribution < 1.29 is 9.35 Å². The summed E-state index contributed by atoms with van der Waals surface area (Å²) in [5.41, 5.74) is 0.901. The number of thiazole rings is 1. The molecule has 4 nitrogen and oxygen atoms in total. The van der Waals surface area contributed by atoms with Gasteiger partial charge in [0.1, 0.15) is 5.25 Å². The van der Waals surface area contributed by atoms with Gasteiger partial charge in [0.15, 0.2) is 9.88 Å². The van der Waals surface area contributed by atoms with Gasteiger partial charge in [0, 0.05) is 10.8 Å². The molecule has 1 heterocycles. The highest BCUT2D eigenvalue weighted by molar-refractivity contribution is 7.94. The van der Waals surface area contributed by atoms with Gasteiger partial charge in [0.05, 0.1) is 5.69 Å². The Hall–Kier alpha value is -0.590. The number of carbonyl (C=O) groups excluding carboxylic acids is 1. The quantitative estimate of drug-likeness (QED) is 0.837. The van der Waals surface area contributed by atoms with Gasteiger partial charge < -0.3 is 4.55 Å². The van der Waals surface area contributed by atoms with Crippen LogP contribution in [0.5, 0.6) is 0 Å². The number of nitrogens with one attached hydrogen (secondary N) is 1. The number of carbonyl (C=O) groups is 1. The van der Waals surface area contributed by atoms with Crippen molar-refractivity contribution in [3.8, 4) is 0 Å². The van der Waals surface area contributed by atoms with Crippen molar-refractivity contribution in [1.29, 1.82) is 0 Å². The fraction of sp³-hybridized carbons (Fsp3) is 0.733. The normalized spacial score (nSPS) is 15.6. The smallest absolute Gasteiger partial charge is 0.281 e. The van der Waals surface area contributed by atoms with Crippen LogP contribution in [0.1, 0.15) is 60.6 Å². The molecule has 2 atom stereocenters. The largest absolute Gasteiger partial charge is 0.615 e. The molecule has 1 N–H and O–H groups in total. The fourth-order valence-electron chi connectivity index (χ4n) is 1.67. The summed E-state index contributed by atoms with van der Waals surface area (Å²) in [6.45, 7) is 13.6. The van der Waals surface area contributed by atoms with E-state index in [0.29, 0.717) is 5.13 Å². The van der Waals surface area contributed by atoms with E-state index in [1.54, 1.807) is 13.8 Å². The first-order chi connectivity index (χ1) is 9.50. The summed E-state index contributed by atoms with van der Waals surface area (Å²) < 4.78 is 11.5. The molecule has 0 spiro atoms. The van der Waals surface area contributed by atoms with E-state index in [9.17, 15) is 9.35 Å². The summed E-state index contributed by atoms with van der Waals surface area (Å²) in [5.74, 6) is -0.240. The molecule has 0 bridgehead atoms. The highest BCUT2D eigenvalue weighted by Gasteiger charge is 2.42. The van der Waals surface area contributed by atoms with Gasteiger partial charge >= 0.3 is 0 Å². The molecule has 21 heavy (non-hydrogen) atoms. The van der Waals surface area contributed by atoms with Crippen LogP contribution >= 0.6 is 11.3 Å². The van der Waals surface area contributed by atoms with Crippen molar-refractivity contribution in [2.75, 3.05) is 5.32 Å². The second-order valence-electron chi connectivity index (χ2n) is 6.77. The number of amides is 1. The lowest BCUT2D eigenvalue weighted by molar-refractivity contribution is -0.117. The molecule has 1 amide bonds. The zero-order valence-electron chi connectivity index (χ0n) is 13.9. The summed E-state index contributed by atoms with van der Waals surface area (Å²) in [5, 5.41) is 5.32. The van der Waals surface area contributed by atoms with Crippen LogP contribution in [0.4, 0.5) is 5.13 Å². The summed E-state index contributed by atoms with van der Waals surface area (Å²) in [6, 6.07) is 0. The first kappa shape index (κ1) is 18.5. The minimum atomic E-state index is -1.22. The molecule has 0 saturated carbocycles. The Kier molecular flexibility index (Phi) is 5.86. The lowest BCUT2D eigenvalue weighted by Crippen LogP contribution is -2.48. The Balaban J connectivity index is 2.83. The number of hydrogen-bond donors (Lipinski definition) is 1. The third-order valence-electron chi connectivity index (χ3n) is 3.48. The third kappa shape index (κ3) is 4.44. The summed E-state index contributed by atoms with van der Waals surface area (Å²) >= 11 is 0.180. The van der Waals surface area contributed by atoms with Crippen molar-refractivity contribution in [1.82, 2.24) is 4.98 Å². The number of nitrogens with zero attached hydrogens (tertiary/aromatic N) is 1. The second-order valence-corrected chi connectivity index (χ2v) is 10.0. The van der Waals surface area contributed by atoms with E-state index in [0.717, 1.165) is 12.1 Å². The molecule has 0 radical (unpaired) electrons. The van der Waals surface area contributed by atoms with Gasteiger partial charge in [-0.3, -0.25) is 10.1 Å². The van der Waals surface area contributed by atoms with Crippen LogP contribution in [0.3, 0.4) is 0 Å². The van der Waals surface area contributed by atoms with E-state index >= 15 is 0 Å². The standard InChI is InChI=1S/C15H26N2O2S2/c1-8-10(2)21(19)15(6,7)12(18)17-13-16-11(9-20-13)14(3,4)5/h9-10H,8H2,1-7H3,(H,16,17,18)/t10?,21-/m0/s1. The molecule has 120 valence electrons. The zero-order valence-corrected chi connectivity index (χ0v) is 15.6. The van der Waals surface area contributed by atoms with E-state index in [2.05, 4.69) is 31.1 Å². The molecule has 1 aromatic heterocycles. The Morgan fingerprint density at radius 3 is 2.43 bits per heavy atom. The Bertz CT molecular complexity index is 492. The van der Waals surface area contributed by atoms with Crippen molar-refractivity contribution in [3.05, 3.63) is 11.1 Å². The molecule has 1 aromatic rings. The second kappa shape index (κ2) is 6.67. The summed E-state index contributed by atoms with van der Waals surface area (Å²) in [4.78, 5) is 16.9. The van der Waals surface area contributed by atoms with Crippen molar-refractivity contribution in [2.45, 2.75) is 70.3 Å². The predicted molar refractivity (Wildman–Crippen MR) is 91.4 cm³/mol. The SMILES string of the molecule is CCC(C)[S@+]([O-])C(C)(C)C(=O)Nc1nc(C(C)(C)C)cs1. The number of anilines is 1. The highest BCUT2D eigenvalue weighted by atomic mass is 32.2.